The zero-order valence-corrected chi connectivity index (χ0v) is 13.1. The summed E-state index contributed by atoms with van der Waals surface area (Å²) in [7, 11) is 0. The highest BCUT2D eigenvalue weighted by atomic mass is 32.2. The first-order chi connectivity index (χ1) is 11.1. The Labute approximate surface area is 137 Å². The minimum atomic E-state index is -0.317. The molecule has 0 aliphatic carbocycles. The van der Waals surface area contributed by atoms with Gasteiger partial charge in [0.05, 0.1) is 17.9 Å². The third kappa shape index (κ3) is 4.10. The Bertz CT molecular complexity index is 747. The Hall–Kier alpha value is -2.34. The van der Waals surface area contributed by atoms with Gasteiger partial charge in [0.2, 0.25) is 11.8 Å². The molecule has 0 aromatic heterocycles. The van der Waals surface area contributed by atoms with Crippen molar-refractivity contribution in [2.24, 2.45) is 0 Å². The minimum absolute atomic E-state index is 0.0139. The van der Waals surface area contributed by atoms with Gasteiger partial charge in [0.15, 0.2) is 0 Å². The summed E-state index contributed by atoms with van der Waals surface area (Å²) in [6.45, 7) is 0.383. The molecule has 0 fully saturated rings. The predicted octanol–water partition coefficient (Wildman–Crippen LogP) is 2.73. The Morgan fingerprint density at radius 1 is 1.17 bits per heavy atom. The van der Waals surface area contributed by atoms with E-state index in [9.17, 15) is 14.0 Å². The zero-order chi connectivity index (χ0) is 16.2. The van der Waals surface area contributed by atoms with Gasteiger partial charge in [-0.25, -0.2) is 4.39 Å². The molecule has 1 heterocycles. The van der Waals surface area contributed by atoms with Gasteiger partial charge in [0.25, 0.3) is 0 Å². The Morgan fingerprint density at radius 3 is 2.70 bits per heavy atom. The molecule has 2 amide bonds. The van der Waals surface area contributed by atoms with E-state index in [1.165, 1.54) is 23.9 Å². The fourth-order valence-electron chi connectivity index (χ4n) is 2.29. The van der Waals surface area contributed by atoms with E-state index in [0.717, 1.165) is 21.7 Å². The van der Waals surface area contributed by atoms with Gasteiger partial charge in [-0.05, 0) is 35.4 Å². The number of benzene rings is 2. The average Bonchev–Trinajstić information content (AvgIpc) is 2.54. The van der Waals surface area contributed by atoms with Crippen molar-refractivity contribution in [1.29, 1.82) is 0 Å². The molecule has 2 N–H and O–H groups in total. The number of thioether (sulfide) groups is 1. The summed E-state index contributed by atoms with van der Waals surface area (Å²) in [6.07, 6.45) is 0.206. The minimum Gasteiger partial charge on any atom is -0.352 e. The maximum absolute atomic E-state index is 12.8. The first-order valence-corrected chi connectivity index (χ1v) is 8.15. The molecular formula is C17H15FN2O2S. The zero-order valence-electron chi connectivity index (χ0n) is 12.3. The molecule has 0 saturated carbocycles. The normalized spacial score (nSPS) is 13.2. The van der Waals surface area contributed by atoms with Gasteiger partial charge in [0.1, 0.15) is 5.82 Å². The van der Waals surface area contributed by atoms with E-state index in [0.29, 0.717) is 12.3 Å². The molecule has 2 aromatic rings. The third-order valence-electron chi connectivity index (χ3n) is 3.44. The first-order valence-electron chi connectivity index (χ1n) is 7.17. The van der Waals surface area contributed by atoms with Crippen LogP contribution in [0.15, 0.2) is 47.4 Å². The highest BCUT2D eigenvalue weighted by Gasteiger charge is 2.15. The van der Waals surface area contributed by atoms with Crippen LogP contribution >= 0.6 is 11.8 Å². The number of hydrogen-bond donors (Lipinski definition) is 2. The third-order valence-corrected chi connectivity index (χ3v) is 4.52. The number of halogens is 1. The van der Waals surface area contributed by atoms with Crippen molar-refractivity contribution in [3.8, 4) is 0 Å². The van der Waals surface area contributed by atoms with Gasteiger partial charge in [0, 0.05) is 11.4 Å². The van der Waals surface area contributed by atoms with Crippen LogP contribution in [0.1, 0.15) is 11.1 Å². The molecule has 0 unspecified atom stereocenters. The van der Waals surface area contributed by atoms with Crippen molar-refractivity contribution in [3.05, 3.63) is 59.4 Å². The summed E-state index contributed by atoms with van der Waals surface area (Å²) < 4.78 is 12.8. The number of hydrogen-bond acceptors (Lipinski definition) is 3. The molecule has 4 nitrogen and oxygen atoms in total. The molecule has 0 saturated heterocycles. The molecule has 0 spiro atoms. The molecule has 23 heavy (non-hydrogen) atoms. The molecule has 0 atom stereocenters. The lowest BCUT2D eigenvalue weighted by atomic mass is 10.1. The van der Waals surface area contributed by atoms with Crippen molar-refractivity contribution < 1.29 is 14.0 Å². The van der Waals surface area contributed by atoms with E-state index in [-0.39, 0.29) is 24.1 Å². The second-order valence-electron chi connectivity index (χ2n) is 5.25. The van der Waals surface area contributed by atoms with E-state index >= 15 is 0 Å². The van der Waals surface area contributed by atoms with Crippen molar-refractivity contribution in [2.45, 2.75) is 17.9 Å². The van der Waals surface area contributed by atoms with Gasteiger partial charge in [-0.2, -0.15) is 0 Å². The number of amides is 2. The number of fused-ring (bicyclic) bond motifs is 1. The predicted molar refractivity (Wildman–Crippen MR) is 87.7 cm³/mol. The van der Waals surface area contributed by atoms with Gasteiger partial charge in [-0.3, -0.25) is 9.59 Å². The summed E-state index contributed by atoms with van der Waals surface area (Å²) in [5.74, 6) is -0.0309. The smallest absolute Gasteiger partial charge is 0.234 e. The molecular weight excluding hydrogens is 315 g/mol. The van der Waals surface area contributed by atoms with E-state index in [2.05, 4.69) is 10.6 Å². The highest BCUT2D eigenvalue weighted by Crippen LogP contribution is 2.31. The SMILES string of the molecule is O=C(Cc1ccc(F)cc1)NCc1ccc2c(c1)NC(=O)CS2. The van der Waals surface area contributed by atoms with Gasteiger partial charge in [-0.1, -0.05) is 18.2 Å². The van der Waals surface area contributed by atoms with Gasteiger partial charge in [-0.15, -0.1) is 11.8 Å². The molecule has 118 valence electrons. The first kappa shape index (κ1) is 15.6. The van der Waals surface area contributed by atoms with Crippen molar-refractivity contribution >= 4 is 29.3 Å². The fourth-order valence-corrected chi connectivity index (χ4v) is 3.08. The lowest BCUT2D eigenvalue weighted by Crippen LogP contribution is -2.25. The molecule has 2 aromatic carbocycles. The molecule has 1 aliphatic rings. The van der Waals surface area contributed by atoms with Crippen LogP contribution in [0.4, 0.5) is 10.1 Å². The summed E-state index contributed by atoms with van der Waals surface area (Å²) >= 11 is 1.50. The number of anilines is 1. The highest BCUT2D eigenvalue weighted by molar-refractivity contribution is 8.00. The van der Waals surface area contributed by atoms with Crippen LogP contribution in [-0.2, 0) is 22.6 Å². The number of carbonyl (C=O) groups excluding carboxylic acids is 2. The number of carbonyl (C=O) groups is 2. The number of nitrogens with one attached hydrogen (secondary N) is 2. The van der Waals surface area contributed by atoms with E-state index < -0.39 is 0 Å². The second kappa shape index (κ2) is 6.83. The summed E-state index contributed by atoms with van der Waals surface area (Å²) in [6, 6.07) is 11.6. The van der Waals surface area contributed by atoms with Crippen LogP contribution in [0.2, 0.25) is 0 Å². The molecule has 3 rings (SSSR count). The Balaban J connectivity index is 1.57. The van der Waals surface area contributed by atoms with Gasteiger partial charge < -0.3 is 10.6 Å². The maximum Gasteiger partial charge on any atom is 0.234 e. The van der Waals surface area contributed by atoms with Crippen LogP contribution in [0.25, 0.3) is 0 Å². The van der Waals surface area contributed by atoms with E-state index in [1.54, 1.807) is 12.1 Å². The van der Waals surface area contributed by atoms with Crippen LogP contribution in [0.5, 0.6) is 0 Å². The fraction of sp³-hybridized carbons (Fsp3) is 0.176. The molecule has 6 heteroatoms. The Kier molecular flexibility index (Phi) is 4.62. The van der Waals surface area contributed by atoms with Crippen LogP contribution < -0.4 is 10.6 Å². The van der Waals surface area contributed by atoms with Gasteiger partial charge >= 0.3 is 0 Å². The topological polar surface area (TPSA) is 58.2 Å². The monoisotopic (exact) mass is 330 g/mol. The van der Waals surface area contributed by atoms with E-state index in [1.807, 2.05) is 18.2 Å². The standard InChI is InChI=1S/C17H15FN2O2S/c18-13-4-1-11(2-5-13)8-16(21)19-9-12-3-6-15-14(7-12)20-17(22)10-23-15/h1-7H,8-10H2,(H,19,21)(H,20,22). The summed E-state index contributed by atoms with van der Waals surface area (Å²) in [5, 5.41) is 5.65. The van der Waals surface area contributed by atoms with Crippen LogP contribution in [-0.4, -0.2) is 17.6 Å². The quantitative estimate of drug-likeness (QED) is 0.906. The van der Waals surface area contributed by atoms with Crippen molar-refractivity contribution in [2.75, 3.05) is 11.1 Å². The maximum atomic E-state index is 12.8. The summed E-state index contributed by atoms with van der Waals surface area (Å²) in [4.78, 5) is 24.4. The average molecular weight is 330 g/mol. The van der Waals surface area contributed by atoms with E-state index in [4.69, 9.17) is 0 Å². The second-order valence-corrected chi connectivity index (χ2v) is 6.26. The molecule has 1 aliphatic heterocycles. The number of rotatable bonds is 4. The Morgan fingerprint density at radius 2 is 1.91 bits per heavy atom. The summed E-state index contributed by atoms with van der Waals surface area (Å²) in [5.41, 5.74) is 2.47. The molecule has 0 bridgehead atoms. The lowest BCUT2D eigenvalue weighted by Gasteiger charge is -2.17. The van der Waals surface area contributed by atoms with Crippen LogP contribution in [0.3, 0.4) is 0 Å². The van der Waals surface area contributed by atoms with Crippen LogP contribution in [0, 0.1) is 5.82 Å². The van der Waals surface area contributed by atoms with Crippen molar-refractivity contribution in [3.63, 3.8) is 0 Å². The molecule has 0 radical (unpaired) electrons. The largest absolute Gasteiger partial charge is 0.352 e. The van der Waals surface area contributed by atoms with Crippen molar-refractivity contribution in [1.82, 2.24) is 5.32 Å². The lowest BCUT2D eigenvalue weighted by molar-refractivity contribution is -0.120.